The molecule has 0 saturated heterocycles. The zero-order valence-electron chi connectivity index (χ0n) is 15.7. The number of methoxy groups -OCH3 is 2. The van der Waals surface area contributed by atoms with Gasteiger partial charge < -0.3 is 18.9 Å². The van der Waals surface area contributed by atoms with Crippen molar-refractivity contribution < 1.29 is 9.47 Å². The van der Waals surface area contributed by atoms with E-state index < -0.39 is 0 Å². The van der Waals surface area contributed by atoms with Crippen molar-refractivity contribution in [3.63, 3.8) is 0 Å². The molecular weight excluding hydrogens is 330 g/mol. The molecular formula is C20H23N3O3. The Kier molecular flexibility index (Phi) is 4.95. The summed E-state index contributed by atoms with van der Waals surface area (Å²) in [7, 11) is 9.04. The highest BCUT2D eigenvalue weighted by Crippen LogP contribution is 2.38. The molecule has 0 N–H and O–H groups in total. The second-order valence-electron chi connectivity index (χ2n) is 6.46. The summed E-state index contributed by atoms with van der Waals surface area (Å²) in [6, 6.07) is 7.49. The fraction of sp³-hybridized carbons (Fsp3) is 0.300. The summed E-state index contributed by atoms with van der Waals surface area (Å²) in [5.41, 5.74) is 3.27. The Balaban J connectivity index is 2.32. The first kappa shape index (κ1) is 17.9. The van der Waals surface area contributed by atoms with Crippen LogP contribution in [0, 0.1) is 0 Å². The summed E-state index contributed by atoms with van der Waals surface area (Å²) >= 11 is 0. The van der Waals surface area contributed by atoms with Gasteiger partial charge >= 0.3 is 0 Å². The second-order valence-corrected chi connectivity index (χ2v) is 6.46. The number of nitrogens with zero attached hydrogens (tertiary/aromatic N) is 3. The van der Waals surface area contributed by atoms with E-state index in [2.05, 4.69) is 9.88 Å². The number of aryl methyl sites for hydroxylation is 1. The van der Waals surface area contributed by atoms with Crippen LogP contribution in [-0.2, 0) is 13.6 Å². The summed E-state index contributed by atoms with van der Waals surface area (Å²) in [6.45, 7) is 0.728. The zero-order chi connectivity index (χ0) is 18.8. The van der Waals surface area contributed by atoms with E-state index in [9.17, 15) is 4.79 Å². The normalized spacial score (nSPS) is 11.2. The fourth-order valence-electron chi connectivity index (χ4n) is 3.13. The molecule has 6 heteroatoms. The lowest BCUT2D eigenvalue weighted by molar-refractivity contribution is 0.367. The molecule has 6 nitrogen and oxygen atoms in total. The van der Waals surface area contributed by atoms with Crippen LogP contribution in [-0.4, -0.2) is 42.8 Å². The van der Waals surface area contributed by atoms with Crippen molar-refractivity contribution in [2.45, 2.75) is 6.54 Å². The first-order valence-electron chi connectivity index (χ1n) is 8.30. The number of rotatable bonds is 5. The topological polar surface area (TPSA) is 56.6 Å². The lowest BCUT2D eigenvalue weighted by atomic mass is 10.0. The van der Waals surface area contributed by atoms with Gasteiger partial charge in [-0.25, -0.2) is 0 Å². The lowest BCUT2D eigenvalue weighted by Gasteiger charge is -2.18. The minimum Gasteiger partial charge on any atom is -0.496 e. The van der Waals surface area contributed by atoms with Crippen molar-refractivity contribution in [2.24, 2.45) is 7.05 Å². The minimum atomic E-state index is -0.0768. The van der Waals surface area contributed by atoms with Crippen molar-refractivity contribution in [3.05, 3.63) is 52.6 Å². The molecule has 0 radical (unpaired) electrons. The first-order valence-corrected chi connectivity index (χ1v) is 8.30. The van der Waals surface area contributed by atoms with Crippen LogP contribution in [0.1, 0.15) is 5.56 Å². The number of ether oxygens (including phenoxy) is 2. The highest BCUT2D eigenvalue weighted by atomic mass is 16.5. The van der Waals surface area contributed by atoms with Gasteiger partial charge in [-0.1, -0.05) is 0 Å². The van der Waals surface area contributed by atoms with E-state index in [0.717, 1.165) is 29.0 Å². The quantitative estimate of drug-likeness (QED) is 0.706. The summed E-state index contributed by atoms with van der Waals surface area (Å²) in [5.74, 6) is 1.49. The Morgan fingerprint density at radius 3 is 2.50 bits per heavy atom. The molecule has 0 atom stereocenters. The van der Waals surface area contributed by atoms with Crippen molar-refractivity contribution in [1.82, 2.24) is 14.5 Å². The predicted octanol–water partition coefficient (Wildman–Crippen LogP) is 2.68. The standard InChI is InChI=1S/C20H23N3O3/c1-22(2)11-13-9-18(26-5)15(10-17(13)25-4)16-12-23(3)20(24)14-7-6-8-21-19(14)16/h6-10,12H,11H2,1-5H3. The maximum Gasteiger partial charge on any atom is 0.259 e. The summed E-state index contributed by atoms with van der Waals surface area (Å²) in [5, 5.41) is 0.575. The van der Waals surface area contributed by atoms with Gasteiger partial charge in [0.05, 0.1) is 25.1 Å². The van der Waals surface area contributed by atoms with Crippen molar-refractivity contribution in [1.29, 1.82) is 0 Å². The number of aromatic nitrogens is 2. The summed E-state index contributed by atoms with van der Waals surface area (Å²) < 4.78 is 12.8. The Labute approximate surface area is 152 Å². The molecule has 2 heterocycles. The third kappa shape index (κ3) is 3.15. The Morgan fingerprint density at radius 2 is 1.85 bits per heavy atom. The molecule has 136 valence electrons. The number of pyridine rings is 2. The molecule has 0 spiro atoms. The molecule has 1 aromatic carbocycles. The Bertz CT molecular complexity index is 1010. The Morgan fingerprint density at radius 1 is 1.12 bits per heavy atom. The van der Waals surface area contributed by atoms with Gasteiger partial charge in [-0.3, -0.25) is 9.78 Å². The van der Waals surface area contributed by atoms with Gasteiger partial charge in [0, 0.05) is 42.7 Å². The van der Waals surface area contributed by atoms with Crippen LogP contribution in [0.3, 0.4) is 0 Å². The predicted molar refractivity (Wildman–Crippen MR) is 103 cm³/mol. The molecule has 0 aliphatic heterocycles. The van der Waals surface area contributed by atoms with Crippen LogP contribution in [0.2, 0.25) is 0 Å². The average molecular weight is 353 g/mol. The van der Waals surface area contributed by atoms with E-state index in [1.54, 1.807) is 50.4 Å². The van der Waals surface area contributed by atoms with Gasteiger partial charge in [-0.15, -0.1) is 0 Å². The van der Waals surface area contributed by atoms with Gasteiger partial charge in [0.15, 0.2) is 0 Å². The molecule has 0 amide bonds. The van der Waals surface area contributed by atoms with E-state index in [1.807, 2.05) is 26.2 Å². The highest BCUT2D eigenvalue weighted by molar-refractivity contribution is 5.94. The largest absolute Gasteiger partial charge is 0.496 e. The van der Waals surface area contributed by atoms with Crippen LogP contribution in [0.15, 0.2) is 41.5 Å². The molecule has 0 aliphatic carbocycles. The van der Waals surface area contributed by atoms with Gasteiger partial charge in [-0.2, -0.15) is 0 Å². The zero-order valence-corrected chi connectivity index (χ0v) is 15.7. The first-order chi connectivity index (χ1) is 12.5. The smallest absolute Gasteiger partial charge is 0.259 e. The number of hydrogen-bond acceptors (Lipinski definition) is 5. The highest BCUT2D eigenvalue weighted by Gasteiger charge is 2.17. The lowest BCUT2D eigenvalue weighted by Crippen LogP contribution is -2.17. The number of fused-ring (bicyclic) bond motifs is 1. The molecule has 26 heavy (non-hydrogen) atoms. The molecule has 0 saturated carbocycles. The maximum absolute atomic E-state index is 12.4. The molecule has 3 rings (SSSR count). The molecule has 0 fully saturated rings. The van der Waals surface area contributed by atoms with Gasteiger partial charge in [0.2, 0.25) is 0 Å². The van der Waals surface area contributed by atoms with Crippen LogP contribution < -0.4 is 15.0 Å². The third-order valence-corrected chi connectivity index (χ3v) is 4.32. The third-order valence-electron chi connectivity index (χ3n) is 4.32. The molecule has 0 bridgehead atoms. The maximum atomic E-state index is 12.4. The van der Waals surface area contributed by atoms with Crippen molar-refractivity contribution >= 4 is 10.9 Å². The van der Waals surface area contributed by atoms with E-state index in [1.165, 1.54) is 0 Å². The van der Waals surface area contributed by atoms with Crippen molar-refractivity contribution in [3.8, 4) is 22.6 Å². The van der Waals surface area contributed by atoms with Crippen LogP contribution in [0.4, 0.5) is 0 Å². The molecule has 0 unspecified atom stereocenters. The van der Waals surface area contributed by atoms with Crippen LogP contribution >= 0.6 is 0 Å². The monoisotopic (exact) mass is 353 g/mol. The van der Waals surface area contributed by atoms with E-state index in [4.69, 9.17) is 9.47 Å². The molecule has 3 aromatic rings. The number of hydrogen-bond donors (Lipinski definition) is 0. The SMILES string of the molecule is COc1cc(-c2cn(C)c(=O)c3cccnc23)c(OC)cc1CN(C)C. The molecule has 0 aliphatic rings. The van der Waals surface area contributed by atoms with E-state index in [0.29, 0.717) is 16.7 Å². The van der Waals surface area contributed by atoms with Gasteiger partial charge in [0.25, 0.3) is 5.56 Å². The van der Waals surface area contributed by atoms with Crippen molar-refractivity contribution in [2.75, 3.05) is 28.3 Å². The number of benzene rings is 1. The molecule has 2 aromatic heterocycles. The van der Waals surface area contributed by atoms with Crippen LogP contribution in [0.25, 0.3) is 22.0 Å². The van der Waals surface area contributed by atoms with E-state index >= 15 is 0 Å². The Hall–Kier alpha value is -2.86. The minimum absolute atomic E-state index is 0.0768. The van der Waals surface area contributed by atoms with Gasteiger partial charge in [-0.05, 0) is 38.4 Å². The van der Waals surface area contributed by atoms with Crippen LogP contribution in [0.5, 0.6) is 11.5 Å². The summed E-state index contributed by atoms with van der Waals surface area (Å²) in [4.78, 5) is 18.9. The van der Waals surface area contributed by atoms with E-state index in [-0.39, 0.29) is 5.56 Å². The second kappa shape index (κ2) is 7.17. The average Bonchev–Trinajstić information content (AvgIpc) is 2.64. The fourth-order valence-corrected chi connectivity index (χ4v) is 3.13. The van der Waals surface area contributed by atoms with Gasteiger partial charge in [0.1, 0.15) is 11.5 Å². The summed E-state index contributed by atoms with van der Waals surface area (Å²) in [6.07, 6.45) is 3.48.